The lowest BCUT2D eigenvalue weighted by atomic mass is 10.3. The molecule has 28 heavy (non-hydrogen) atoms. The van der Waals surface area contributed by atoms with E-state index in [0.717, 1.165) is 42.7 Å². The number of carbonyl (C=O) groups excluding carboxylic acids is 1. The first-order valence-electron chi connectivity index (χ1n) is 9.76. The molecule has 0 bridgehead atoms. The van der Waals surface area contributed by atoms with E-state index in [1.165, 1.54) is 9.75 Å². The molecule has 0 fully saturated rings. The van der Waals surface area contributed by atoms with Gasteiger partial charge < -0.3 is 15.1 Å². The van der Waals surface area contributed by atoms with E-state index in [9.17, 15) is 4.79 Å². The molecule has 1 amide bonds. The van der Waals surface area contributed by atoms with E-state index in [2.05, 4.69) is 27.8 Å². The predicted molar refractivity (Wildman–Crippen MR) is 120 cm³/mol. The summed E-state index contributed by atoms with van der Waals surface area (Å²) in [5.74, 6) is 0.898. The number of likely N-dealkylation sites (N-methyl/N-ethyl adjacent to an activating group) is 2. The van der Waals surface area contributed by atoms with Crippen molar-refractivity contribution < 1.29 is 4.79 Å². The van der Waals surface area contributed by atoms with Crippen LogP contribution < -0.4 is 5.32 Å². The highest BCUT2D eigenvalue weighted by atomic mass is 32.1. The quantitative estimate of drug-likeness (QED) is 0.497. The molecule has 0 aliphatic rings. The van der Waals surface area contributed by atoms with E-state index < -0.39 is 0 Å². The van der Waals surface area contributed by atoms with E-state index in [4.69, 9.17) is 4.99 Å². The summed E-state index contributed by atoms with van der Waals surface area (Å²) < 4.78 is 0. The van der Waals surface area contributed by atoms with Crippen LogP contribution in [0, 0.1) is 6.92 Å². The molecule has 0 radical (unpaired) electrons. The summed E-state index contributed by atoms with van der Waals surface area (Å²) in [5.41, 5.74) is 1.06. The molecule has 0 spiro atoms. The molecule has 0 aromatic carbocycles. The van der Waals surface area contributed by atoms with Crippen molar-refractivity contribution in [2.75, 3.05) is 39.8 Å². The Labute approximate surface area is 176 Å². The number of aliphatic imine (C=N–C) groups is 1. The molecule has 2 heterocycles. The summed E-state index contributed by atoms with van der Waals surface area (Å²) in [6.07, 6.45) is 0.876. The van der Waals surface area contributed by atoms with Crippen LogP contribution in [0.25, 0.3) is 10.6 Å². The number of amides is 1. The zero-order valence-electron chi connectivity index (χ0n) is 17.5. The van der Waals surface area contributed by atoms with Crippen LogP contribution in [-0.2, 0) is 11.2 Å². The van der Waals surface area contributed by atoms with Crippen LogP contribution in [0.4, 0.5) is 0 Å². The van der Waals surface area contributed by atoms with Gasteiger partial charge in [-0.25, -0.2) is 4.98 Å². The van der Waals surface area contributed by atoms with Crippen LogP contribution in [0.5, 0.6) is 0 Å². The van der Waals surface area contributed by atoms with Crippen molar-refractivity contribution >= 4 is 34.5 Å². The molecular formula is C20H31N5OS2. The SMILES string of the molecule is CCNC(=NCCc1ccc(-c2csc(C)n2)s1)N(C)CC(=O)N(CC)CC. The van der Waals surface area contributed by atoms with Crippen LogP contribution in [0.2, 0.25) is 0 Å². The number of thiazole rings is 1. The Morgan fingerprint density at radius 3 is 2.61 bits per heavy atom. The van der Waals surface area contributed by atoms with Crippen LogP contribution in [0.1, 0.15) is 30.7 Å². The summed E-state index contributed by atoms with van der Waals surface area (Å²) in [6, 6.07) is 4.29. The van der Waals surface area contributed by atoms with E-state index in [-0.39, 0.29) is 5.91 Å². The van der Waals surface area contributed by atoms with Crippen molar-refractivity contribution in [1.82, 2.24) is 20.1 Å². The standard InChI is InChI=1S/C20H31N5OS2/c1-6-21-20(24(5)13-19(26)25(7-2)8-3)22-12-11-16-9-10-18(28-16)17-14-27-15(4)23-17/h9-10,14H,6-8,11-13H2,1-5H3,(H,21,22). The van der Waals surface area contributed by atoms with Crippen molar-refractivity contribution in [3.05, 3.63) is 27.4 Å². The third-order valence-electron chi connectivity index (χ3n) is 4.34. The number of carbonyl (C=O) groups is 1. The van der Waals surface area contributed by atoms with E-state index in [1.807, 2.05) is 44.5 Å². The molecule has 0 atom stereocenters. The monoisotopic (exact) mass is 421 g/mol. The summed E-state index contributed by atoms with van der Waals surface area (Å²) in [7, 11) is 1.91. The number of aryl methyl sites for hydroxylation is 1. The molecule has 0 saturated carbocycles. The zero-order chi connectivity index (χ0) is 20.5. The third-order valence-corrected chi connectivity index (χ3v) is 6.28. The zero-order valence-corrected chi connectivity index (χ0v) is 19.1. The second kappa shape index (κ2) is 11.2. The van der Waals surface area contributed by atoms with Gasteiger partial charge in [0.2, 0.25) is 5.91 Å². The molecule has 2 aromatic heterocycles. The first-order valence-corrected chi connectivity index (χ1v) is 11.5. The normalized spacial score (nSPS) is 11.5. The minimum atomic E-state index is 0.125. The molecule has 154 valence electrons. The van der Waals surface area contributed by atoms with Gasteiger partial charge in [0.15, 0.2) is 5.96 Å². The van der Waals surface area contributed by atoms with Gasteiger partial charge in [-0.05, 0) is 39.8 Å². The minimum absolute atomic E-state index is 0.125. The van der Waals surface area contributed by atoms with E-state index in [1.54, 1.807) is 22.7 Å². The number of aromatic nitrogens is 1. The van der Waals surface area contributed by atoms with Gasteiger partial charge in [0.05, 0.1) is 22.1 Å². The van der Waals surface area contributed by atoms with Crippen LogP contribution in [-0.4, -0.2) is 66.4 Å². The molecular weight excluding hydrogens is 390 g/mol. The van der Waals surface area contributed by atoms with Crippen molar-refractivity contribution in [3.8, 4) is 10.6 Å². The summed E-state index contributed by atoms with van der Waals surface area (Å²) in [5, 5.41) is 6.48. The molecule has 0 unspecified atom stereocenters. The number of hydrogen-bond acceptors (Lipinski definition) is 5. The maximum absolute atomic E-state index is 12.4. The fourth-order valence-corrected chi connectivity index (χ4v) is 4.47. The van der Waals surface area contributed by atoms with E-state index >= 15 is 0 Å². The summed E-state index contributed by atoms with van der Waals surface area (Å²) in [6.45, 7) is 11.3. The van der Waals surface area contributed by atoms with Gasteiger partial charge in [-0.3, -0.25) is 9.79 Å². The Kier molecular flexibility index (Phi) is 8.92. The van der Waals surface area contributed by atoms with Gasteiger partial charge in [0, 0.05) is 49.9 Å². The number of nitrogens with zero attached hydrogens (tertiary/aromatic N) is 4. The lowest BCUT2D eigenvalue weighted by molar-refractivity contribution is -0.131. The van der Waals surface area contributed by atoms with Gasteiger partial charge in [-0.15, -0.1) is 22.7 Å². The fourth-order valence-electron chi connectivity index (χ4n) is 2.82. The maximum atomic E-state index is 12.4. The molecule has 1 N–H and O–H groups in total. The Hall–Kier alpha value is -1.93. The van der Waals surface area contributed by atoms with Crippen molar-refractivity contribution in [1.29, 1.82) is 0 Å². The number of hydrogen-bond donors (Lipinski definition) is 1. The van der Waals surface area contributed by atoms with Crippen LogP contribution >= 0.6 is 22.7 Å². The lowest BCUT2D eigenvalue weighted by Gasteiger charge is -2.25. The van der Waals surface area contributed by atoms with Gasteiger partial charge >= 0.3 is 0 Å². The number of guanidine groups is 1. The van der Waals surface area contributed by atoms with Crippen molar-refractivity contribution in [2.45, 2.75) is 34.1 Å². The molecule has 6 nitrogen and oxygen atoms in total. The van der Waals surface area contributed by atoms with Gasteiger partial charge in [0.1, 0.15) is 0 Å². The molecule has 0 saturated heterocycles. The summed E-state index contributed by atoms with van der Waals surface area (Å²) in [4.78, 5) is 27.9. The second-order valence-corrected chi connectivity index (χ2v) is 8.66. The molecule has 0 aliphatic carbocycles. The maximum Gasteiger partial charge on any atom is 0.242 e. The highest BCUT2D eigenvalue weighted by molar-refractivity contribution is 7.16. The molecule has 0 aliphatic heterocycles. The first kappa shape index (κ1) is 22.4. The average Bonchev–Trinajstić information content (AvgIpc) is 3.31. The Morgan fingerprint density at radius 1 is 1.25 bits per heavy atom. The van der Waals surface area contributed by atoms with Crippen molar-refractivity contribution in [3.63, 3.8) is 0 Å². The fraction of sp³-hybridized carbons (Fsp3) is 0.550. The van der Waals surface area contributed by atoms with Crippen LogP contribution in [0.3, 0.4) is 0 Å². The highest BCUT2D eigenvalue weighted by Crippen LogP contribution is 2.29. The number of rotatable bonds is 9. The Morgan fingerprint density at radius 2 is 2.00 bits per heavy atom. The van der Waals surface area contributed by atoms with Gasteiger partial charge in [-0.2, -0.15) is 0 Å². The number of thiophene rings is 1. The average molecular weight is 422 g/mol. The molecule has 2 rings (SSSR count). The Bertz CT molecular complexity index is 779. The van der Waals surface area contributed by atoms with Gasteiger partial charge in [0.25, 0.3) is 0 Å². The summed E-state index contributed by atoms with van der Waals surface area (Å²) >= 11 is 3.45. The number of nitrogens with one attached hydrogen (secondary N) is 1. The predicted octanol–water partition coefficient (Wildman–Crippen LogP) is 3.49. The van der Waals surface area contributed by atoms with Crippen molar-refractivity contribution in [2.24, 2.45) is 4.99 Å². The smallest absolute Gasteiger partial charge is 0.242 e. The van der Waals surface area contributed by atoms with Gasteiger partial charge in [-0.1, -0.05) is 0 Å². The van der Waals surface area contributed by atoms with E-state index in [0.29, 0.717) is 13.1 Å². The topological polar surface area (TPSA) is 60.8 Å². The second-order valence-electron chi connectivity index (χ2n) is 6.43. The molecule has 2 aromatic rings. The Balaban J connectivity index is 1.95. The highest BCUT2D eigenvalue weighted by Gasteiger charge is 2.15. The van der Waals surface area contributed by atoms with Crippen LogP contribution in [0.15, 0.2) is 22.5 Å². The largest absolute Gasteiger partial charge is 0.357 e. The molecule has 8 heteroatoms. The lowest BCUT2D eigenvalue weighted by Crippen LogP contribution is -2.45. The third kappa shape index (κ3) is 6.31. The first-order chi connectivity index (χ1) is 13.5. The minimum Gasteiger partial charge on any atom is -0.357 e.